The molecular weight excluding hydrogens is 296 g/mol. The number of halogens is 1. The number of pyridine rings is 1. The average Bonchev–Trinajstić information content (AvgIpc) is 2.31. The van der Waals surface area contributed by atoms with Crippen LogP contribution in [0, 0.1) is 0 Å². The van der Waals surface area contributed by atoms with Gasteiger partial charge in [-0.2, -0.15) is 0 Å². The summed E-state index contributed by atoms with van der Waals surface area (Å²) >= 11 is 3.33. The largest absolute Gasteiger partial charge is 0.370 e. The Balaban J connectivity index is 2.73. The molecule has 1 aromatic heterocycles. The van der Waals surface area contributed by atoms with Gasteiger partial charge in [0.2, 0.25) is 0 Å². The molecule has 0 spiro atoms. The number of nitrogens with one attached hydrogen (secondary N) is 2. The molecule has 0 saturated heterocycles. The van der Waals surface area contributed by atoms with Crippen LogP contribution in [0.5, 0.6) is 0 Å². The standard InChI is InChI=1S/C12H19BrN4O/c1-4-14-11-10(7-9(13)8-16-11)12(18)15-5-6-17(2)3/h7-8H,4-6H2,1-3H3,(H,14,16)(H,15,18). The minimum Gasteiger partial charge on any atom is -0.370 e. The van der Waals surface area contributed by atoms with Crippen LogP contribution in [0.2, 0.25) is 0 Å². The van der Waals surface area contributed by atoms with Crippen molar-refractivity contribution in [2.75, 3.05) is 39.0 Å². The van der Waals surface area contributed by atoms with Gasteiger partial charge in [-0.25, -0.2) is 4.98 Å². The van der Waals surface area contributed by atoms with Gasteiger partial charge >= 0.3 is 0 Å². The second kappa shape index (κ2) is 7.33. The molecule has 2 N–H and O–H groups in total. The zero-order valence-corrected chi connectivity index (χ0v) is 12.5. The highest BCUT2D eigenvalue weighted by Crippen LogP contribution is 2.17. The molecule has 0 fully saturated rings. The molecule has 0 aliphatic rings. The van der Waals surface area contributed by atoms with Crippen molar-refractivity contribution >= 4 is 27.7 Å². The second-order valence-electron chi connectivity index (χ2n) is 4.14. The summed E-state index contributed by atoms with van der Waals surface area (Å²) in [5.74, 6) is 0.504. The Hall–Kier alpha value is -1.14. The van der Waals surface area contributed by atoms with Crippen LogP contribution in [0.25, 0.3) is 0 Å². The number of amides is 1. The molecule has 1 amide bonds. The molecule has 5 nitrogen and oxygen atoms in total. The highest BCUT2D eigenvalue weighted by Gasteiger charge is 2.12. The third kappa shape index (κ3) is 4.62. The second-order valence-corrected chi connectivity index (χ2v) is 5.05. The van der Waals surface area contributed by atoms with Gasteiger partial charge < -0.3 is 15.5 Å². The third-order valence-electron chi connectivity index (χ3n) is 2.29. The first kappa shape index (κ1) is 14.9. The summed E-state index contributed by atoms with van der Waals surface area (Å²) in [5, 5.41) is 5.96. The van der Waals surface area contributed by atoms with Crippen LogP contribution >= 0.6 is 15.9 Å². The molecule has 0 bridgehead atoms. The number of hydrogen-bond donors (Lipinski definition) is 2. The Morgan fingerprint density at radius 1 is 1.50 bits per heavy atom. The molecule has 0 aliphatic carbocycles. The topological polar surface area (TPSA) is 57.3 Å². The predicted octanol–water partition coefficient (Wildman–Crippen LogP) is 1.57. The third-order valence-corrected chi connectivity index (χ3v) is 2.72. The SMILES string of the molecule is CCNc1ncc(Br)cc1C(=O)NCCN(C)C. The number of carbonyl (C=O) groups excluding carboxylic acids is 1. The number of rotatable bonds is 6. The van der Waals surface area contributed by atoms with E-state index < -0.39 is 0 Å². The molecule has 18 heavy (non-hydrogen) atoms. The van der Waals surface area contributed by atoms with Crippen molar-refractivity contribution in [1.82, 2.24) is 15.2 Å². The smallest absolute Gasteiger partial charge is 0.255 e. The van der Waals surface area contributed by atoms with Crippen LogP contribution in [0.1, 0.15) is 17.3 Å². The van der Waals surface area contributed by atoms with Crippen LogP contribution in [-0.2, 0) is 0 Å². The summed E-state index contributed by atoms with van der Waals surface area (Å²) in [6.07, 6.45) is 1.68. The summed E-state index contributed by atoms with van der Waals surface area (Å²) in [5.41, 5.74) is 0.560. The fourth-order valence-corrected chi connectivity index (χ4v) is 1.74. The quantitative estimate of drug-likeness (QED) is 0.837. The molecule has 0 radical (unpaired) electrons. The van der Waals surface area contributed by atoms with E-state index in [9.17, 15) is 4.79 Å². The van der Waals surface area contributed by atoms with Gasteiger partial charge in [0.25, 0.3) is 5.91 Å². The predicted molar refractivity (Wildman–Crippen MR) is 77.0 cm³/mol. The van der Waals surface area contributed by atoms with Crippen molar-refractivity contribution in [2.24, 2.45) is 0 Å². The van der Waals surface area contributed by atoms with Gasteiger partial charge in [-0.1, -0.05) is 0 Å². The molecule has 1 rings (SSSR count). The number of likely N-dealkylation sites (N-methyl/N-ethyl adjacent to an activating group) is 1. The summed E-state index contributed by atoms with van der Waals surface area (Å²) in [4.78, 5) is 18.3. The molecule has 0 unspecified atom stereocenters. The lowest BCUT2D eigenvalue weighted by Crippen LogP contribution is -2.31. The maximum absolute atomic E-state index is 12.0. The van der Waals surface area contributed by atoms with E-state index in [2.05, 4.69) is 31.5 Å². The lowest BCUT2D eigenvalue weighted by molar-refractivity contribution is 0.0951. The van der Waals surface area contributed by atoms with E-state index in [1.807, 2.05) is 25.9 Å². The molecule has 1 aromatic rings. The first-order valence-corrected chi connectivity index (χ1v) is 6.66. The Morgan fingerprint density at radius 3 is 2.83 bits per heavy atom. The zero-order valence-electron chi connectivity index (χ0n) is 11.0. The fraction of sp³-hybridized carbons (Fsp3) is 0.500. The number of anilines is 1. The van der Waals surface area contributed by atoms with Crippen LogP contribution in [0.15, 0.2) is 16.7 Å². The van der Waals surface area contributed by atoms with Crippen molar-refractivity contribution in [3.05, 3.63) is 22.3 Å². The molecule has 0 aliphatic heterocycles. The van der Waals surface area contributed by atoms with Crippen molar-refractivity contribution in [2.45, 2.75) is 6.92 Å². The first-order valence-electron chi connectivity index (χ1n) is 5.87. The first-order chi connectivity index (χ1) is 8.54. The van der Waals surface area contributed by atoms with E-state index in [0.29, 0.717) is 17.9 Å². The van der Waals surface area contributed by atoms with E-state index in [1.54, 1.807) is 12.3 Å². The van der Waals surface area contributed by atoms with E-state index in [4.69, 9.17) is 0 Å². The molecule has 0 atom stereocenters. The van der Waals surface area contributed by atoms with Crippen LogP contribution in [0.3, 0.4) is 0 Å². The molecular formula is C12H19BrN4O. The van der Waals surface area contributed by atoms with E-state index in [-0.39, 0.29) is 5.91 Å². The maximum Gasteiger partial charge on any atom is 0.255 e. The van der Waals surface area contributed by atoms with Crippen molar-refractivity contribution in [3.63, 3.8) is 0 Å². The monoisotopic (exact) mass is 314 g/mol. The lowest BCUT2D eigenvalue weighted by atomic mass is 10.2. The Labute approximate surface area is 116 Å². The van der Waals surface area contributed by atoms with Gasteiger partial charge in [-0.05, 0) is 43.0 Å². The summed E-state index contributed by atoms with van der Waals surface area (Å²) in [7, 11) is 3.94. The number of nitrogens with zero attached hydrogens (tertiary/aromatic N) is 2. The molecule has 100 valence electrons. The zero-order chi connectivity index (χ0) is 13.5. The minimum absolute atomic E-state index is 0.110. The van der Waals surface area contributed by atoms with Gasteiger partial charge in [0.05, 0.1) is 5.56 Å². The fourth-order valence-electron chi connectivity index (χ4n) is 1.41. The summed E-state index contributed by atoms with van der Waals surface area (Å²) < 4.78 is 0.793. The highest BCUT2D eigenvalue weighted by molar-refractivity contribution is 9.10. The molecule has 1 heterocycles. The highest BCUT2D eigenvalue weighted by atomic mass is 79.9. The minimum atomic E-state index is -0.110. The number of hydrogen-bond acceptors (Lipinski definition) is 4. The Morgan fingerprint density at radius 2 is 2.22 bits per heavy atom. The maximum atomic E-state index is 12.0. The number of aromatic nitrogens is 1. The van der Waals surface area contributed by atoms with Gasteiger partial charge in [0.15, 0.2) is 0 Å². The van der Waals surface area contributed by atoms with Crippen LogP contribution in [-0.4, -0.2) is 49.5 Å². The molecule has 0 aromatic carbocycles. The summed E-state index contributed by atoms with van der Waals surface area (Å²) in [6.45, 7) is 4.12. The van der Waals surface area contributed by atoms with Crippen LogP contribution in [0.4, 0.5) is 5.82 Å². The van der Waals surface area contributed by atoms with Gasteiger partial charge in [-0.15, -0.1) is 0 Å². The average molecular weight is 315 g/mol. The Kier molecular flexibility index (Phi) is 6.07. The van der Waals surface area contributed by atoms with E-state index in [1.165, 1.54) is 0 Å². The molecule has 6 heteroatoms. The van der Waals surface area contributed by atoms with Gasteiger partial charge in [-0.3, -0.25) is 4.79 Å². The Bertz CT molecular complexity index is 409. The summed E-state index contributed by atoms with van der Waals surface area (Å²) in [6, 6.07) is 1.77. The van der Waals surface area contributed by atoms with Gasteiger partial charge in [0, 0.05) is 30.3 Å². The molecule has 0 saturated carbocycles. The number of carbonyl (C=O) groups is 1. The van der Waals surface area contributed by atoms with E-state index in [0.717, 1.165) is 17.6 Å². The normalized spacial score (nSPS) is 10.5. The van der Waals surface area contributed by atoms with Crippen LogP contribution < -0.4 is 10.6 Å². The van der Waals surface area contributed by atoms with Crippen molar-refractivity contribution in [3.8, 4) is 0 Å². The van der Waals surface area contributed by atoms with Crippen molar-refractivity contribution < 1.29 is 4.79 Å². The van der Waals surface area contributed by atoms with E-state index >= 15 is 0 Å². The van der Waals surface area contributed by atoms with Crippen molar-refractivity contribution in [1.29, 1.82) is 0 Å². The lowest BCUT2D eigenvalue weighted by Gasteiger charge is -2.12. The van der Waals surface area contributed by atoms with Gasteiger partial charge in [0.1, 0.15) is 5.82 Å².